The van der Waals surface area contributed by atoms with Crippen molar-refractivity contribution in [2.45, 2.75) is 61.4 Å². The minimum Gasteiger partial charge on any atom is -0.504 e. The van der Waals surface area contributed by atoms with Crippen LogP contribution < -0.4 is 4.74 Å². The van der Waals surface area contributed by atoms with Gasteiger partial charge in [-0.25, -0.2) is 47.9 Å². The first kappa shape index (κ1) is 94.0. The molecule has 0 saturated carbocycles. The molecule has 10 aromatic rings. The molecule has 134 heavy (non-hydrogen) atoms. The van der Waals surface area contributed by atoms with Crippen LogP contribution in [0.2, 0.25) is 0 Å². The predicted octanol–water partition coefficient (Wildman–Crippen LogP) is 3.77. The quantitative estimate of drug-likeness (QED) is 0.0232. The van der Waals surface area contributed by atoms with Crippen LogP contribution in [0.1, 0.15) is 104 Å². The van der Waals surface area contributed by atoms with Gasteiger partial charge in [0.2, 0.25) is 42.0 Å². The lowest BCUT2D eigenvalue weighted by molar-refractivity contribution is -0.283. The molecule has 0 bridgehead atoms. The third-order valence-corrected chi connectivity index (χ3v) is 19.2. The highest BCUT2D eigenvalue weighted by Crippen LogP contribution is 2.52. The predicted molar refractivity (Wildman–Crippen MR) is 417 cm³/mol. The van der Waals surface area contributed by atoms with Crippen LogP contribution in [-0.2, 0) is 56.8 Å². The van der Waals surface area contributed by atoms with Crippen LogP contribution in [0.4, 0.5) is 0 Å². The molecule has 12 rings (SSSR count). The average molecular weight is 1880 g/mol. The summed E-state index contributed by atoms with van der Waals surface area (Å²) in [5.41, 5.74) is -10.8. The zero-order valence-corrected chi connectivity index (χ0v) is 66.0. The fraction of sp³-hybridized carbons (Fsp3) is 0.146. The van der Waals surface area contributed by atoms with E-state index in [0.717, 1.165) is 0 Å². The third kappa shape index (κ3) is 19.2. The van der Waals surface area contributed by atoms with Crippen molar-refractivity contribution in [3.05, 3.63) is 171 Å². The molecule has 2 aliphatic rings. The van der Waals surface area contributed by atoms with E-state index in [2.05, 4.69) is 0 Å². The van der Waals surface area contributed by atoms with Crippen molar-refractivity contribution >= 4 is 59.7 Å². The maximum Gasteiger partial charge on any atom is 0.344 e. The van der Waals surface area contributed by atoms with E-state index in [1.807, 2.05) is 0 Å². The summed E-state index contributed by atoms with van der Waals surface area (Å²) in [7, 11) is 0. The molecule has 2 heterocycles. The lowest BCUT2D eigenvalue weighted by atomic mass is 9.97. The van der Waals surface area contributed by atoms with Gasteiger partial charge in [-0.2, -0.15) is 0 Å². The van der Waals surface area contributed by atoms with E-state index in [1.54, 1.807) is 0 Å². The zero-order chi connectivity index (χ0) is 98.3. The topological polar surface area (TPSA) is 877 Å². The third-order valence-electron chi connectivity index (χ3n) is 19.2. The fourth-order valence-electron chi connectivity index (χ4n) is 12.6. The van der Waals surface area contributed by atoms with E-state index < -0.39 is 368 Å². The molecule has 2 fully saturated rings. The molecule has 0 radical (unpaired) electrons. The Labute approximate surface area is 738 Å². The van der Waals surface area contributed by atoms with Gasteiger partial charge in [-0.15, -0.1) is 0 Å². The molecule has 10 atom stereocenters. The average Bonchev–Trinajstić information content (AvgIpc) is 0.620. The second-order valence-corrected chi connectivity index (χ2v) is 28.1. The number of phenols is 29. The number of phenolic OH excluding ortho intramolecular Hbond substituents is 29. The van der Waals surface area contributed by atoms with E-state index in [0.29, 0.717) is 97.1 Å². The molecule has 10 unspecified atom stereocenters. The number of benzene rings is 10. The summed E-state index contributed by atoms with van der Waals surface area (Å²) in [6.45, 7) is -3.12. The van der Waals surface area contributed by atoms with Crippen LogP contribution in [-0.4, -0.2) is 282 Å². The SMILES string of the molecule is O=C(OCC1OC(OC(=O)c2cc(O)c(O)c(Oc3c(C(=O)OC4OC(COC(=O)c5cc(O)c(O)c(O)c5)C(OC(=O)c5cc(O)c(O)c(O)c5)C(OC(=O)c5cc(O)c(O)c(O)c5)C4OC(=O)c4cc(O)c(O)c(O)c4)cc(O)c(O)c3O)c2)C(OC(=O)c2cc(O)c(O)c(O)c2)C(OC(=O)c2cc(O)c(O)c(O)c2)C1OC(=O)c1cc(O)c(O)c(O)c1)c1cc(O)c(O)c(O)c1. The second kappa shape index (κ2) is 37.0. The van der Waals surface area contributed by atoms with Crippen molar-refractivity contribution in [1.29, 1.82) is 0 Å². The van der Waals surface area contributed by atoms with Gasteiger partial charge in [0.25, 0.3) is 0 Å². The van der Waals surface area contributed by atoms with Gasteiger partial charge in [0, 0.05) is 6.07 Å². The first-order valence-electron chi connectivity index (χ1n) is 36.8. The van der Waals surface area contributed by atoms with Crippen LogP contribution in [0.25, 0.3) is 0 Å². The maximum absolute atomic E-state index is 15.4. The van der Waals surface area contributed by atoms with Crippen LogP contribution in [0.3, 0.4) is 0 Å². The molecule has 10 aromatic carbocycles. The minimum absolute atomic E-state index is 0.0951. The number of hydrogen-bond donors (Lipinski definition) is 29. The van der Waals surface area contributed by atoms with Gasteiger partial charge >= 0.3 is 59.7 Å². The van der Waals surface area contributed by atoms with Gasteiger partial charge in [-0.05, 0) is 109 Å². The molecular formula is C82H62O52. The maximum atomic E-state index is 15.4. The molecule has 2 aliphatic heterocycles. The fourth-order valence-corrected chi connectivity index (χ4v) is 12.6. The number of hydrogen-bond acceptors (Lipinski definition) is 52. The van der Waals surface area contributed by atoms with Crippen LogP contribution in [0.5, 0.6) is 178 Å². The Morgan fingerprint density at radius 1 is 0.201 bits per heavy atom. The van der Waals surface area contributed by atoms with Crippen LogP contribution in [0.15, 0.2) is 115 Å². The van der Waals surface area contributed by atoms with Gasteiger partial charge < -0.3 is 210 Å². The van der Waals surface area contributed by atoms with E-state index in [9.17, 15) is 186 Å². The molecule has 2 saturated heterocycles. The molecule has 0 aromatic heterocycles. The number of rotatable bonds is 24. The van der Waals surface area contributed by atoms with Crippen LogP contribution in [0, 0.1) is 0 Å². The van der Waals surface area contributed by atoms with Crippen molar-refractivity contribution in [3.63, 3.8) is 0 Å². The Bertz CT molecular complexity index is 6330. The number of aromatic hydroxyl groups is 29. The van der Waals surface area contributed by atoms with Gasteiger partial charge in [0.15, 0.2) is 185 Å². The number of carbonyl (C=O) groups excluding carboxylic acids is 10. The molecule has 29 N–H and O–H groups in total. The van der Waals surface area contributed by atoms with Crippen molar-refractivity contribution in [1.82, 2.24) is 0 Å². The number of esters is 10. The molecule has 702 valence electrons. The van der Waals surface area contributed by atoms with Crippen molar-refractivity contribution in [2.75, 3.05) is 13.2 Å². The van der Waals surface area contributed by atoms with Crippen LogP contribution >= 0.6 is 0 Å². The molecule has 0 spiro atoms. The monoisotopic (exact) mass is 1880 g/mol. The van der Waals surface area contributed by atoms with Crippen molar-refractivity contribution in [3.8, 4) is 178 Å². The van der Waals surface area contributed by atoms with Crippen molar-refractivity contribution in [2.24, 2.45) is 0 Å². The Hall–Kier alpha value is -19.2. The van der Waals surface area contributed by atoms with E-state index in [4.69, 9.17) is 61.6 Å². The van der Waals surface area contributed by atoms with E-state index >= 15 is 9.59 Å². The standard InChI is InChI=1S/C82H62O52/c83-32-1-22(2-33(84)53(32)101)71(112)122-20-51-65(127-73(114)24-5-36(87)55(103)37(88)6-24)67(129-75(116)26-9-40(91)57(105)41(92)10-26)69(131-77(118)28-13-44(95)59(107)45(96)14-28)81(125-51)133-79(120)30-17-48(99)61(109)50(18-30)124-64-31(19-49(100)62(110)63(64)111)80(121)134-82-70(132-78(119)29-15-46(97)60(108)47(98)16-29)68(130-76(117)27-11-42(93)58(106)43(94)12-27)66(128-74(115)25-7-38(89)56(104)39(90)8-25)52(126-82)21-123-72(113)23-3-34(85)54(102)35(86)4-23/h1-19,51-52,65-70,81-111H,20-21H2. The van der Waals surface area contributed by atoms with Crippen molar-refractivity contribution < 1.29 is 258 Å². The van der Waals surface area contributed by atoms with Gasteiger partial charge in [0.05, 0.1) is 50.1 Å². The van der Waals surface area contributed by atoms with Gasteiger partial charge in [-0.1, -0.05) is 0 Å². The Kier molecular flexibility index (Phi) is 26.0. The molecule has 0 amide bonds. The summed E-state index contributed by atoms with van der Waals surface area (Å²) < 4.78 is 73.8. The minimum atomic E-state index is -3.11. The summed E-state index contributed by atoms with van der Waals surface area (Å²) in [4.78, 5) is 145. The molecule has 52 nitrogen and oxygen atoms in total. The Morgan fingerprint density at radius 3 is 0.649 bits per heavy atom. The number of ether oxygens (including phenoxy) is 13. The molecular weight excluding hydrogens is 1820 g/mol. The Balaban J connectivity index is 0.977. The highest BCUT2D eigenvalue weighted by atomic mass is 16.8. The second-order valence-electron chi connectivity index (χ2n) is 28.1. The summed E-state index contributed by atoms with van der Waals surface area (Å²) in [6.07, 6.45) is -28.6. The zero-order valence-electron chi connectivity index (χ0n) is 66.0. The lowest BCUT2D eigenvalue weighted by Gasteiger charge is -2.44. The summed E-state index contributed by atoms with van der Waals surface area (Å²) in [6, 6.07) is 7.19. The highest BCUT2D eigenvalue weighted by Gasteiger charge is 2.58. The molecule has 52 heteroatoms. The number of carbonyl (C=O) groups is 10. The summed E-state index contributed by atoms with van der Waals surface area (Å²) in [5, 5.41) is 306. The highest BCUT2D eigenvalue weighted by molar-refractivity contribution is 5.99. The largest absolute Gasteiger partial charge is 0.504 e. The Morgan fingerprint density at radius 2 is 0.396 bits per heavy atom. The lowest BCUT2D eigenvalue weighted by Crippen LogP contribution is -2.63. The van der Waals surface area contributed by atoms with E-state index in [-0.39, 0.29) is 18.2 Å². The first-order valence-corrected chi connectivity index (χ1v) is 36.8. The first-order chi connectivity index (χ1) is 63.0. The molecule has 0 aliphatic carbocycles. The summed E-state index contributed by atoms with van der Waals surface area (Å²) >= 11 is 0. The smallest absolute Gasteiger partial charge is 0.344 e. The van der Waals surface area contributed by atoms with Gasteiger partial charge in [-0.3, -0.25) is 0 Å². The summed E-state index contributed by atoms with van der Waals surface area (Å²) in [5.74, 6) is -61.2. The normalized spacial score (nSPS) is 17.8. The van der Waals surface area contributed by atoms with E-state index in [1.165, 1.54) is 0 Å². The van der Waals surface area contributed by atoms with Gasteiger partial charge in [0.1, 0.15) is 31.0 Å².